The van der Waals surface area contributed by atoms with E-state index in [0.717, 1.165) is 18.6 Å². The molecule has 0 aliphatic rings. The van der Waals surface area contributed by atoms with E-state index in [-0.39, 0.29) is 11.6 Å². The largest absolute Gasteiger partial charge is 0.326 e. The lowest BCUT2D eigenvalue weighted by atomic mass is 9.94. The summed E-state index contributed by atoms with van der Waals surface area (Å²) in [5.41, 5.74) is 13.2. The molecule has 0 spiro atoms. The Balaban J connectivity index is 2.54. The molecule has 2 nitrogen and oxygen atoms in total. The molecule has 3 heteroatoms. The summed E-state index contributed by atoms with van der Waals surface area (Å²) in [6, 6.07) is 8.66. The summed E-state index contributed by atoms with van der Waals surface area (Å²) in [5, 5.41) is 0. The number of nitrogens with two attached hydrogens (primary N) is 2. The van der Waals surface area contributed by atoms with E-state index in [9.17, 15) is 0 Å². The zero-order valence-electron chi connectivity index (χ0n) is 11.1. The average Bonchev–Trinajstić information content (AvgIpc) is 2.26. The normalized spacial score (nSPS) is 13.7. The summed E-state index contributed by atoms with van der Waals surface area (Å²) >= 11 is 1.85. The van der Waals surface area contributed by atoms with Crippen molar-refractivity contribution in [1.29, 1.82) is 0 Å². The van der Waals surface area contributed by atoms with E-state index >= 15 is 0 Å². The number of thioether (sulfide) groups is 1. The Morgan fingerprint density at radius 3 is 2.29 bits per heavy atom. The standard InChI is InChI=1S/C14H24N2S/c1-4-17-12-7-5-11(6-8-12)13(15)9-10-14(2,3)16/h5-8,13H,4,9-10,15-16H2,1-3H3. The van der Waals surface area contributed by atoms with Gasteiger partial charge in [-0.15, -0.1) is 11.8 Å². The second-order valence-corrected chi connectivity index (χ2v) is 6.47. The molecule has 0 heterocycles. The highest BCUT2D eigenvalue weighted by Crippen LogP contribution is 2.23. The molecule has 0 radical (unpaired) electrons. The van der Waals surface area contributed by atoms with Crippen molar-refractivity contribution in [2.45, 2.75) is 50.1 Å². The molecule has 0 aliphatic heterocycles. The van der Waals surface area contributed by atoms with Crippen molar-refractivity contribution >= 4 is 11.8 Å². The minimum atomic E-state index is -0.129. The van der Waals surface area contributed by atoms with Gasteiger partial charge in [0.15, 0.2) is 0 Å². The maximum atomic E-state index is 6.16. The van der Waals surface area contributed by atoms with Crippen LogP contribution < -0.4 is 11.5 Å². The van der Waals surface area contributed by atoms with E-state index in [2.05, 4.69) is 31.2 Å². The Morgan fingerprint density at radius 2 is 1.82 bits per heavy atom. The van der Waals surface area contributed by atoms with Gasteiger partial charge in [-0.3, -0.25) is 0 Å². The highest BCUT2D eigenvalue weighted by molar-refractivity contribution is 7.99. The third-order valence-electron chi connectivity index (χ3n) is 2.72. The number of hydrogen-bond donors (Lipinski definition) is 2. The molecule has 0 saturated carbocycles. The van der Waals surface area contributed by atoms with Gasteiger partial charge in [-0.05, 0) is 50.1 Å². The zero-order chi connectivity index (χ0) is 12.9. The van der Waals surface area contributed by atoms with E-state index in [1.165, 1.54) is 10.5 Å². The molecule has 0 saturated heterocycles. The third-order valence-corrected chi connectivity index (χ3v) is 3.61. The molecule has 0 aromatic heterocycles. The highest BCUT2D eigenvalue weighted by Gasteiger charge is 2.14. The van der Waals surface area contributed by atoms with E-state index < -0.39 is 0 Å². The van der Waals surface area contributed by atoms with Crippen LogP contribution >= 0.6 is 11.8 Å². The number of benzene rings is 1. The van der Waals surface area contributed by atoms with Crippen LogP contribution in [0.5, 0.6) is 0 Å². The van der Waals surface area contributed by atoms with Crippen molar-refractivity contribution in [3.8, 4) is 0 Å². The molecule has 96 valence electrons. The van der Waals surface area contributed by atoms with Gasteiger partial charge in [0.2, 0.25) is 0 Å². The quantitative estimate of drug-likeness (QED) is 0.764. The fraction of sp³-hybridized carbons (Fsp3) is 0.571. The SMILES string of the molecule is CCSc1ccc(C(N)CCC(C)(C)N)cc1. The molecule has 17 heavy (non-hydrogen) atoms. The molecule has 0 bridgehead atoms. The Labute approximate surface area is 109 Å². The summed E-state index contributed by atoms with van der Waals surface area (Å²) in [7, 11) is 0. The summed E-state index contributed by atoms with van der Waals surface area (Å²) in [4.78, 5) is 1.31. The Kier molecular flexibility index (Phi) is 5.50. The third kappa shape index (κ3) is 5.57. The predicted molar refractivity (Wildman–Crippen MR) is 77.3 cm³/mol. The average molecular weight is 252 g/mol. The first-order valence-electron chi connectivity index (χ1n) is 6.19. The van der Waals surface area contributed by atoms with Crippen LogP contribution in [0.2, 0.25) is 0 Å². The zero-order valence-corrected chi connectivity index (χ0v) is 11.9. The fourth-order valence-corrected chi connectivity index (χ4v) is 2.33. The van der Waals surface area contributed by atoms with Crippen molar-refractivity contribution in [2.75, 3.05) is 5.75 Å². The van der Waals surface area contributed by atoms with Crippen molar-refractivity contribution in [1.82, 2.24) is 0 Å². The molecule has 0 fully saturated rings. The van der Waals surface area contributed by atoms with E-state index in [4.69, 9.17) is 11.5 Å². The minimum absolute atomic E-state index is 0.0958. The predicted octanol–water partition coefficient (Wildman–Crippen LogP) is 3.32. The van der Waals surface area contributed by atoms with Gasteiger partial charge >= 0.3 is 0 Å². The van der Waals surface area contributed by atoms with Gasteiger partial charge in [0.25, 0.3) is 0 Å². The minimum Gasteiger partial charge on any atom is -0.326 e. The maximum absolute atomic E-state index is 6.16. The molecule has 1 atom stereocenters. The molecule has 4 N–H and O–H groups in total. The molecule has 0 amide bonds. The van der Waals surface area contributed by atoms with E-state index in [1.807, 2.05) is 25.6 Å². The second-order valence-electron chi connectivity index (χ2n) is 5.14. The van der Waals surface area contributed by atoms with Gasteiger partial charge in [0.1, 0.15) is 0 Å². The van der Waals surface area contributed by atoms with Gasteiger partial charge in [0.05, 0.1) is 0 Å². The summed E-state index contributed by atoms with van der Waals surface area (Å²) in [6.07, 6.45) is 1.88. The van der Waals surface area contributed by atoms with Crippen molar-refractivity contribution in [3.05, 3.63) is 29.8 Å². The monoisotopic (exact) mass is 252 g/mol. The van der Waals surface area contributed by atoms with Crippen LogP contribution in [0.4, 0.5) is 0 Å². The van der Waals surface area contributed by atoms with Crippen LogP contribution in [0.15, 0.2) is 29.2 Å². The van der Waals surface area contributed by atoms with Crippen LogP contribution in [0, 0.1) is 0 Å². The van der Waals surface area contributed by atoms with Crippen LogP contribution in [0.25, 0.3) is 0 Å². The molecule has 0 aliphatic carbocycles. The lowest BCUT2D eigenvalue weighted by Crippen LogP contribution is -2.32. The van der Waals surface area contributed by atoms with Crippen LogP contribution in [0.1, 0.15) is 45.2 Å². The molecule has 1 aromatic rings. The van der Waals surface area contributed by atoms with Crippen molar-refractivity contribution < 1.29 is 0 Å². The fourth-order valence-electron chi connectivity index (χ4n) is 1.67. The lowest BCUT2D eigenvalue weighted by Gasteiger charge is -2.21. The Hall–Kier alpha value is -0.510. The van der Waals surface area contributed by atoms with E-state index in [1.54, 1.807) is 0 Å². The van der Waals surface area contributed by atoms with Crippen LogP contribution in [-0.2, 0) is 0 Å². The van der Waals surface area contributed by atoms with E-state index in [0.29, 0.717) is 0 Å². The molecule has 1 unspecified atom stereocenters. The topological polar surface area (TPSA) is 52.0 Å². The molecule has 1 aromatic carbocycles. The van der Waals surface area contributed by atoms with Crippen LogP contribution in [0.3, 0.4) is 0 Å². The van der Waals surface area contributed by atoms with Crippen molar-refractivity contribution in [2.24, 2.45) is 11.5 Å². The number of rotatable bonds is 6. The van der Waals surface area contributed by atoms with Crippen molar-refractivity contribution in [3.63, 3.8) is 0 Å². The van der Waals surface area contributed by atoms with Gasteiger partial charge < -0.3 is 11.5 Å². The van der Waals surface area contributed by atoms with Gasteiger partial charge in [-0.2, -0.15) is 0 Å². The van der Waals surface area contributed by atoms with Crippen LogP contribution in [-0.4, -0.2) is 11.3 Å². The maximum Gasteiger partial charge on any atom is 0.0295 e. The van der Waals surface area contributed by atoms with Gasteiger partial charge in [-0.1, -0.05) is 19.1 Å². The summed E-state index contributed by atoms with van der Waals surface area (Å²) < 4.78 is 0. The first kappa shape index (κ1) is 14.6. The molecular formula is C14H24N2S. The molecular weight excluding hydrogens is 228 g/mol. The van der Waals surface area contributed by atoms with Gasteiger partial charge in [-0.25, -0.2) is 0 Å². The first-order valence-corrected chi connectivity index (χ1v) is 7.18. The second kappa shape index (κ2) is 6.43. The first-order chi connectivity index (χ1) is 7.92. The summed E-state index contributed by atoms with van der Waals surface area (Å²) in [6.45, 7) is 6.25. The lowest BCUT2D eigenvalue weighted by molar-refractivity contribution is 0.433. The smallest absolute Gasteiger partial charge is 0.0295 e. The summed E-state index contributed by atoms with van der Waals surface area (Å²) in [5.74, 6) is 1.10. The van der Waals surface area contributed by atoms with Gasteiger partial charge in [0, 0.05) is 16.5 Å². The highest BCUT2D eigenvalue weighted by atomic mass is 32.2. The Bertz CT molecular complexity index is 327. The Morgan fingerprint density at radius 1 is 1.24 bits per heavy atom. The molecule has 1 rings (SSSR count). The number of hydrogen-bond acceptors (Lipinski definition) is 3.